The lowest BCUT2D eigenvalue weighted by Gasteiger charge is -2.34. The predicted octanol–water partition coefficient (Wildman–Crippen LogP) is 0.181. The molecule has 7 heteroatoms. The molecule has 6 nitrogen and oxygen atoms in total. The van der Waals surface area contributed by atoms with E-state index in [0.29, 0.717) is 13.1 Å². The molecule has 2 heterocycles. The van der Waals surface area contributed by atoms with Gasteiger partial charge in [-0.05, 0) is 11.4 Å². The van der Waals surface area contributed by atoms with Gasteiger partial charge in [0.05, 0.1) is 20.0 Å². The number of nitrogens with one attached hydrogen (secondary N) is 1. The summed E-state index contributed by atoms with van der Waals surface area (Å²) in [4.78, 5) is 37.9. The molecule has 1 fully saturated rings. The Labute approximate surface area is 120 Å². The van der Waals surface area contributed by atoms with Crippen LogP contribution < -0.4 is 5.32 Å². The topological polar surface area (TPSA) is 75.7 Å². The molecule has 1 atom stereocenters. The maximum atomic E-state index is 12.3. The Hall–Kier alpha value is -1.89. The minimum Gasteiger partial charge on any atom is -0.469 e. The van der Waals surface area contributed by atoms with Crippen molar-refractivity contribution in [2.45, 2.75) is 18.9 Å². The fourth-order valence-corrected chi connectivity index (χ4v) is 2.82. The summed E-state index contributed by atoms with van der Waals surface area (Å²) < 4.78 is 4.58. The van der Waals surface area contributed by atoms with Gasteiger partial charge in [-0.2, -0.15) is 0 Å². The van der Waals surface area contributed by atoms with Crippen molar-refractivity contribution in [1.29, 1.82) is 0 Å². The molecule has 1 aromatic heterocycles. The second-order valence-electron chi connectivity index (χ2n) is 4.43. The summed E-state index contributed by atoms with van der Waals surface area (Å²) in [5, 5.41) is 4.57. The van der Waals surface area contributed by atoms with E-state index < -0.39 is 12.0 Å². The Morgan fingerprint density at radius 2 is 2.35 bits per heavy atom. The van der Waals surface area contributed by atoms with Crippen molar-refractivity contribution >= 4 is 29.1 Å². The van der Waals surface area contributed by atoms with E-state index in [4.69, 9.17) is 0 Å². The third-order valence-corrected chi connectivity index (χ3v) is 4.02. The van der Waals surface area contributed by atoms with E-state index in [0.717, 1.165) is 4.88 Å². The third kappa shape index (κ3) is 3.36. The van der Waals surface area contributed by atoms with Gasteiger partial charge in [-0.3, -0.25) is 14.4 Å². The molecule has 0 bridgehead atoms. The fraction of sp³-hybridized carbons (Fsp3) is 0.462. The number of esters is 1. The van der Waals surface area contributed by atoms with Crippen molar-refractivity contribution in [2.24, 2.45) is 0 Å². The van der Waals surface area contributed by atoms with Gasteiger partial charge in [0.15, 0.2) is 0 Å². The minimum absolute atomic E-state index is 0.113. The molecule has 0 aromatic carbocycles. The molecule has 1 aliphatic heterocycles. The number of hydrogen-bond acceptors (Lipinski definition) is 5. The lowest BCUT2D eigenvalue weighted by atomic mass is 10.1. The van der Waals surface area contributed by atoms with Gasteiger partial charge in [-0.1, -0.05) is 6.07 Å². The molecule has 108 valence electrons. The monoisotopic (exact) mass is 296 g/mol. The van der Waals surface area contributed by atoms with Gasteiger partial charge in [0.25, 0.3) is 0 Å². The van der Waals surface area contributed by atoms with Gasteiger partial charge in [-0.15, -0.1) is 11.3 Å². The first-order valence-corrected chi connectivity index (χ1v) is 7.16. The highest BCUT2D eigenvalue weighted by atomic mass is 32.1. The summed E-state index contributed by atoms with van der Waals surface area (Å²) in [6.07, 6.45) is 0.140. The van der Waals surface area contributed by atoms with Crippen LogP contribution >= 0.6 is 11.3 Å². The Morgan fingerprint density at radius 3 is 3.00 bits per heavy atom. The molecule has 1 aromatic rings. The van der Waals surface area contributed by atoms with Crippen LogP contribution in [0.2, 0.25) is 0 Å². The normalized spacial score (nSPS) is 18.6. The number of piperazine rings is 1. The van der Waals surface area contributed by atoms with Crippen molar-refractivity contribution < 1.29 is 19.1 Å². The number of nitrogens with zero attached hydrogens (tertiary/aromatic N) is 1. The lowest BCUT2D eigenvalue weighted by Crippen LogP contribution is -2.58. The third-order valence-electron chi connectivity index (χ3n) is 3.14. The second-order valence-corrected chi connectivity index (χ2v) is 5.46. The van der Waals surface area contributed by atoms with Crippen LogP contribution in [0.25, 0.3) is 0 Å². The van der Waals surface area contributed by atoms with Gasteiger partial charge >= 0.3 is 5.97 Å². The molecule has 0 aliphatic carbocycles. The van der Waals surface area contributed by atoms with Gasteiger partial charge < -0.3 is 15.0 Å². The number of carbonyl (C=O) groups is 3. The lowest BCUT2D eigenvalue weighted by molar-refractivity contribution is -0.150. The molecule has 2 amide bonds. The Kier molecular flexibility index (Phi) is 4.73. The van der Waals surface area contributed by atoms with Crippen molar-refractivity contribution in [1.82, 2.24) is 10.2 Å². The standard InChI is InChI=1S/C13H16N2O4S/c1-19-12(17)8-10-13(18)14-4-5-15(10)11(16)7-9-3-2-6-20-9/h2-3,6,10H,4-5,7-8H2,1H3,(H,14,18)/t10-/m0/s1. The summed E-state index contributed by atoms with van der Waals surface area (Å²) in [6, 6.07) is 2.98. The molecule has 2 rings (SSSR count). The summed E-state index contributed by atoms with van der Waals surface area (Å²) in [7, 11) is 1.26. The highest BCUT2D eigenvalue weighted by molar-refractivity contribution is 7.10. The number of amides is 2. The number of thiophene rings is 1. The summed E-state index contributed by atoms with van der Waals surface area (Å²) >= 11 is 1.50. The van der Waals surface area contributed by atoms with E-state index in [2.05, 4.69) is 10.1 Å². The van der Waals surface area contributed by atoms with Gasteiger partial charge in [0, 0.05) is 18.0 Å². The molecule has 20 heavy (non-hydrogen) atoms. The van der Waals surface area contributed by atoms with Crippen LogP contribution in [0.15, 0.2) is 17.5 Å². The zero-order chi connectivity index (χ0) is 14.5. The Bertz CT molecular complexity index is 500. The van der Waals surface area contributed by atoms with Crippen LogP contribution in [0.5, 0.6) is 0 Å². The van der Waals surface area contributed by atoms with Crippen LogP contribution in [0.3, 0.4) is 0 Å². The van der Waals surface area contributed by atoms with Gasteiger partial charge in [0.2, 0.25) is 11.8 Å². The van der Waals surface area contributed by atoms with Crippen LogP contribution in [0.4, 0.5) is 0 Å². The Balaban J connectivity index is 2.07. The zero-order valence-corrected chi connectivity index (χ0v) is 11.9. The first kappa shape index (κ1) is 14.5. The minimum atomic E-state index is -0.774. The number of methoxy groups -OCH3 is 1. The number of ether oxygens (including phenoxy) is 1. The first-order chi connectivity index (χ1) is 9.61. The van der Waals surface area contributed by atoms with Gasteiger partial charge in [0.1, 0.15) is 6.04 Å². The maximum absolute atomic E-state index is 12.3. The molecule has 0 unspecified atom stereocenters. The molecule has 0 saturated carbocycles. The quantitative estimate of drug-likeness (QED) is 0.804. The van der Waals surface area contributed by atoms with E-state index in [-0.39, 0.29) is 24.7 Å². The van der Waals surface area contributed by atoms with Crippen molar-refractivity contribution in [3.63, 3.8) is 0 Å². The smallest absolute Gasteiger partial charge is 0.308 e. The molecule has 1 saturated heterocycles. The van der Waals surface area contributed by atoms with Crippen LogP contribution in [-0.4, -0.2) is 48.9 Å². The summed E-state index contributed by atoms with van der Waals surface area (Å²) in [5.74, 6) is -0.946. The predicted molar refractivity (Wildman–Crippen MR) is 73.2 cm³/mol. The summed E-state index contributed by atoms with van der Waals surface area (Å²) in [5.41, 5.74) is 0. The van der Waals surface area contributed by atoms with Crippen LogP contribution in [0.1, 0.15) is 11.3 Å². The largest absolute Gasteiger partial charge is 0.469 e. The van der Waals surface area contributed by atoms with E-state index in [1.165, 1.54) is 23.3 Å². The SMILES string of the molecule is COC(=O)C[C@H]1C(=O)NCCN1C(=O)Cc1cccs1. The molecule has 0 radical (unpaired) electrons. The molecule has 0 spiro atoms. The number of hydrogen-bond donors (Lipinski definition) is 1. The number of rotatable bonds is 4. The molecule has 1 N–H and O–H groups in total. The maximum Gasteiger partial charge on any atom is 0.308 e. The average Bonchev–Trinajstić information content (AvgIpc) is 2.93. The molecule has 1 aliphatic rings. The summed E-state index contributed by atoms with van der Waals surface area (Å²) in [6.45, 7) is 0.824. The highest BCUT2D eigenvalue weighted by Crippen LogP contribution is 2.15. The van der Waals surface area contributed by atoms with Crippen LogP contribution in [-0.2, 0) is 25.5 Å². The zero-order valence-electron chi connectivity index (χ0n) is 11.1. The van der Waals surface area contributed by atoms with Gasteiger partial charge in [-0.25, -0.2) is 0 Å². The van der Waals surface area contributed by atoms with Crippen molar-refractivity contribution in [2.75, 3.05) is 20.2 Å². The molecular formula is C13H16N2O4S. The second kappa shape index (κ2) is 6.51. The van der Waals surface area contributed by atoms with Crippen molar-refractivity contribution in [3.8, 4) is 0 Å². The van der Waals surface area contributed by atoms with E-state index in [1.807, 2.05) is 17.5 Å². The van der Waals surface area contributed by atoms with Crippen LogP contribution in [0, 0.1) is 0 Å². The Morgan fingerprint density at radius 1 is 1.55 bits per heavy atom. The highest BCUT2D eigenvalue weighted by Gasteiger charge is 2.34. The molecular weight excluding hydrogens is 280 g/mol. The number of carbonyl (C=O) groups excluding carboxylic acids is 3. The van der Waals surface area contributed by atoms with E-state index >= 15 is 0 Å². The van der Waals surface area contributed by atoms with Crippen molar-refractivity contribution in [3.05, 3.63) is 22.4 Å². The van der Waals surface area contributed by atoms with E-state index in [1.54, 1.807) is 0 Å². The average molecular weight is 296 g/mol. The first-order valence-electron chi connectivity index (χ1n) is 6.28. The van der Waals surface area contributed by atoms with E-state index in [9.17, 15) is 14.4 Å². The fourth-order valence-electron chi connectivity index (χ4n) is 2.12.